The molecule has 1 fully saturated rings. The van der Waals surface area contributed by atoms with Crippen molar-refractivity contribution in [3.63, 3.8) is 0 Å². The molecule has 1 aliphatic heterocycles. The van der Waals surface area contributed by atoms with E-state index >= 15 is 0 Å². The SMILES string of the molecule is c1ccc2c(c1)CCCc1cccnc1C2=C1CCNCC1. The highest BCUT2D eigenvalue weighted by molar-refractivity contribution is 5.83. The number of rotatable bonds is 0. The number of benzene rings is 1. The zero-order valence-electron chi connectivity index (χ0n) is 12.9. The second-order valence-electron chi connectivity index (χ2n) is 6.25. The molecular weight excluding hydrogens is 268 g/mol. The molecule has 112 valence electrons. The van der Waals surface area contributed by atoms with Crippen LogP contribution in [0.1, 0.15) is 41.6 Å². The summed E-state index contributed by atoms with van der Waals surface area (Å²) >= 11 is 0. The van der Waals surface area contributed by atoms with E-state index < -0.39 is 0 Å². The highest BCUT2D eigenvalue weighted by atomic mass is 14.9. The Morgan fingerprint density at radius 3 is 2.50 bits per heavy atom. The van der Waals surface area contributed by atoms with Gasteiger partial charge < -0.3 is 5.32 Å². The first kappa shape index (κ1) is 13.7. The molecule has 1 N–H and O–H groups in total. The van der Waals surface area contributed by atoms with Gasteiger partial charge in [-0.2, -0.15) is 0 Å². The van der Waals surface area contributed by atoms with Crippen LogP contribution < -0.4 is 5.32 Å². The molecule has 0 saturated carbocycles. The van der Waals surface area contributed by atoms with Crippen molar-refractivity contribution in [2.75, 3.05) is 13.1 Å². The van der Waals surface area contributed by atoms with Crippen LogP contribution in [0.25, 0.3) is 5.57 Å². The standard InChI is InChI=1S/C20H22N2/c1-2-9-18-15(5-1)6-3-7-17-8-4-12-22-20(17)19(18)16-10-13-21-14-11-16/h1-2,4-5,8-9,12,21H,3,6-7,10-11,13-14H2. The van der Waals surface area contributed by atoms with Gasteiger partial charge in [0.1, 0.15) is 0 Å². The summed E-state index contributed by atoms with van der Waals surface area (Å²) in [6.45, 7) is 2.17. The van der Waals surface area contributed by atoms with Crippen LogP contribution in [-0.2, 0) is 12.8 Å². The topological polar surface area (TPSA) is 24.9 Å². The third-order valence-electron chi connectivity index (χ3n) is 4.87. The minimum Gasteiger partial charge on any atom is -0.316 e. The van der Waals surface area contributed by atoms with Crippen LogP contribution in [-0.4, -0.2) is 18.1 Å². The molecule has 0 unspecified atom stereocenters. The summed E-state index contributed by atoms with van der Waals surface area (Å²) in [4.78, 5) is 4.80. The first-order valence-corrected chi connectivity index (χ1v) is 8.39. The summed E-state index contributed by atoms with van der Waals surface area (Å²) in [6.07, 6.45) is 7.73. The molecule has 2 heterocycles. The number of piperidine rings is 1. The fourth-order valence-electron chi connectivity index (χ4n) is 3.78. The Hall–Kier alpha value is -1.93. The average Bonchev–Trinajstić information content (AvgIpc) is 2.57. The maximum absolute atomic E-state index is 4.80. The Bertz CT molecular complexity index is 658. The molecule has 0 spiro atoms. The first-order chi connectivity index (χ1) is 10.9. The van der Waals surface area contributed by atoms with E-state index in [9.17, 15) is 0 Å². The van der Waals surface area contributed by atoms with E-state index in [1.807, 2.05) is 6.20 Å². The van der Waals surface area contributed by atoms with Crippen LogP contribution in [0, 0.1) is 0 Å². The van der Waals surface area contributed by atoms with Gasteiger partial charge in [0.15, 0.2) is 0 Å². The molecule has 1 aliphatic carbocycles. The predicted molar refractivity (Wildman–Crippen MR) is 90.8 cm³/mol. The van der Waals surface area contributed by atoms with E-state index in [-0.39, 0.29) is 0 Å². The van der Waals surface area contributed by atoms with Gasteiger partial charge in [0, 0.05) is 11.8 Å². The molecule has 1 saturated heterocycles. The van der Waals surface area contributed by atoms with Gasteiger partial charge in [-0.05, 0) is 68.0 Å². The monoisotopic (exact) mass is 290 g/mol. The van der Waals surface area contributed by atoms with Gasteiger partial charge >= 0.3 is 0 Å². The summed E-state index contributed by atoms with van der Waals surface area (Å²) in [6, 6.07) is 13.3. The summed E-state index contributed by atoms with van der Waals surface area (Å²) in [5, 5.41) is 3.48. The molecular formula is C20H22N2. The van der Waals surface area contributed by atoms with Gasteiger partial charge in [0.25, 0.3) is 0 Å². The molecule has 0 amide bonds. The van der Waals surface area contributed by atoms with E-state index in [2.05, 4.69) is 41.7 Å². The third-order valence-corrected chi connectivity index (χ3v) is 4.87. The molecule has 0 radical (unpaired) electrons. The van der Waals surface area contributed by atoms with Crippen molar-refractivity contribution in [1.82, 2.24) is 10.3 Å². The van der Waals surface area contributed by atoms with E-state index in [4.69, 9.17) is 4.98 Å². The number of nitrogens with one attached hydrogen (secondary N) is 1. The average molecular weight is 290 g/mol. The second-order valence-corrected chi connectivity index (χ2v) is 6.25. The van der Waals surface area contributed by atoms with Crippen LogP contribution in [0.4, 0.5) is 0 Å². The summed E-state index contributed by atoms with van der Waals surface area (Å²) < 4.78 is 0. The van der Waals surface area contributed by atoms with Crippen molar-refractivity contribution in [3.8, 4) is 0 Å². The number of nitrogens with zero attached hydrogens (tertiary/aromatic N) is 1. The van der Waals surface area contributed by atoms with Gasteiger partial charge in [-0.3, -0.25) is 4.98 Å². The van der Waals surface area contributed by atoms with Crippen molar-refractivity contribution >= 4 is 5.57 Å². The third kappa shape index (κ3) is 2.48. The highest BCUT2D eigenvalue weighted by Gasteiger charge is 2.21. The molecule has 2 aliphatic rings. The molecule has 2 heteroatoms. The maximum atomic E-state index is 4.80. The minimum absolute atomic E-state index is 1.09. The molecule has 1 aromatic carbocycles. The van der Waals surface area contributed by atoms with Gasteiger partial charge in [-0.25, -0.2) is 0 Å². The van der Waals surface area contributed by atoms with E-state index in [1.165, 1.54) is 40.8 Å². The van der Waals surface area contributed by atoms with E-state index in [0.29, 0.717) is 0 Å². The van der Waals surface area contributed by atoms with E-state index in [0.717, 1.165) is 32.4 Å². The quantitative estimate of drug-likeness (QED) is 0.799. The Balaban J connectivity index is 1.97. The van der Waals surface area contributed by atoms with Crippen LogP contribution >= 0.6 is 0 Å². The van der Waals surface area contributed by atoms with Crippen molar-refractivity contribution in [3.05, 3.63) is 70.6 Å². The Morgan fingerprint density at radius 2 is 1.59 bits per heavy atom. The maximum Gasteiger partial charge on any atom is 0.0739 e. The molecule has 0 atom stereocenters. The lowest BCUT2D eigenvalue weighted by atomic mass is 9.83. The number of aromatic nitrogens is 1. The van der Waals surface area contributed by atoms with Crippen molar-refractivity contribution < 1.29 is 0 Å². The number of hydrogen-bond donors (Lipinski definition) is 1. The predicted octanol–water partition coefficient (Wildman–Crippen LogP) is 3.76. The van der Waals surface area contributed by atoms with Gasteiger partial charge in [-0.1, -0.05) is 35.9 Å². The van der Waals surface area contributed by atoms with Gasteiger partial charge in [-0.15, -0.1) is 0 Å². The Labute approximate surface area is 132 Å². The lowest BCUT2D eigenvalue weighted by molar-refractivity contribution is 0.611. The lowest BCUT2D eigenvalue weighted by Crippen LogP contribution is -2.24. The Morgan fingerprint density at radius 1 is 0.818 bits per heavy atom. The largest absolute Gasteiger partial charge is 0.316 e. The normalized spacial score (nSPS) is 18.2. The summed E-state index contributed by atoms with van der Waals surface area (Å²) in [5.41, 5.74) is 8.55. The van der Waals surface area contributed by atoms with Gasteiger partial charge in [0.05, 0.1) is 5.69 Å². The fourth-order valence-corrected chi connectivity index (χ4v) is 3.78. The lowest BCUT2D eigenvalue weighted by Gasteiger charge is -2.25. The van der Waals surface area contributed by atoms with Gasteiger partial charge in [0.2, 0.25) is 0 Å². The second kappa shape index (κ2) is 6.05. The summed E-state index contributed by atoms with van der Waals surface area (Å²) in [5.74, 6) is 0. The number of fused-ring (bicyclic) bond motifs is 2. The summed E-state index contributed by atoms with van der Waals surface area (Å²) in [7, 11) is 0. The van der Waals surface area contributed by atoms with Crippen LogP contribution in [0.15, 0.2) is 48.2 Å². The molecule has 2 aromatic rings. The van der Waals surface area contributed by atoms with Crippen LogP contribution in [0.5, 0.6) is 0 Å². The molecule has 22 heavy (non-hydrogen) atoms. The number of aryl methyl sites for hydroxylation is 2. The number of pyridine rings is 1. The molecule has 4 rings (SSSR count). The van der Waals surface area contributed by atoms with E-state index in [1.54, 1.807) is 5.57 Å². The van der Waals surface area contributed by atoms with Crippen LogP contribution in [0.2, 0.25) is 0 Å². The zero-order valence-corrected chi connectivity index (χ0v) is 12.9. The first-order valence-electron chi connectivity index (χ1n) is 8.39. The zero-order chi connectivity index (χ0) is 14.8. The van der Waals surface area contributed by atoms with Crippen LogP contribution in [0.3, 0.4) is 0 Å². The van der Waals surface area contributed by atoms with Crippen molar-refractivity contribution in [2.24, 2.45) is 0 Å². The molecule has 2 nitrogen and oxygen atoms in total. The minimum atomic E-state index is 1.09. The number of hydrogen-bond acceptors (Lipinski definition) is 2. The molecule has 0 bridgehead atoms. The molecule has 1 aromatic heterocycles. The van der Waals surface area contributed by atoms with Crippen molar-refractivity contribution in [2.45, 2.75) is 32.1 Å². The smallest absolute Gasteiger partial charge is 0.0739 e. The fraction of sp³-hybridized carbons (Fsp3) is 0.350. The highest BCUT2D eigenvalue weighted by Crippen LogP contribution is 2.36. The van der Waals surface area contributed by atoms with Crippen molar-refractivity contribution in [1.29, 1.82) is 0 Å². The Kier molecular flexibility index (Phi) is 3.77.